The maximum Gasteiger partial charge on any atom is 0.326 e. The van der Waals surface area contributed by atoms with Crippen molar-refractivity contribution in [3.63, 3.8) is 0 Å². The summed E-state index contributed by atoms with van der Waals surface area (Å²) < 4.78 is 0. The molecule has 1 atom stereocenters. The number of hydrogen-bond acceptors (Lipinski definition) is 4. The van der Waals surface area contributed by atoms with Crippen molar-refractivity contribution in [3.8, 4) is 0 Å². The average Bonchev–Trinajstić information content (AvgIpc) is 3.07. The summed E-state index contributed by atoms with van der Waals surface area (Å²) >= 11 is 1.57. The third-order valence-electron chi connectivity index (χ3n) is 2.66. The molecule has 0 saturated heterocycles. The molecule has 0 unspecified atom stereocenters. The van der Waals surface area contributed by atoms with Crippen molar-refractivity contribution < 1.29 is 14.7 Å². The highest BCUT2D eigenvalue weighted by Gasteiger charge is 2.22. The lowest BCUT2D eigenvalue weighted by atomic mass is 10.2. The Morgan fingerprint density at radius 3 is 2.71 bits per heavy atom. The van der Waals surface area contributed by atoms with Crippen molar-refractivity contribution in [3.05, 3.63) is 0 Å². The fourth-order valence-corrected chi connectivity index (χ4v) is 1.92. The van der Waals surface area contributed by atoms with Gasteiger partial charge >= 0.3 is 5.97 Å². The van der Waals surface area contributed by atoms with Crippen LogP contribution in [0.3, 0.4) is 0 Å². The largest absolute Gasteiger partial charge is 0.480 e. The van der Waals surface area contributed by atoms with Crippen molar-refractivity contribution in [2.75, 3.05) is 25.1 Å². The minimum Gasteiger partial charge on any atom is -0.480 e. The first-order valence-electron chi connectivity index (χ1n) is 5.85. The van der Waals surface area contributed by atoms with E-state index in [1.165, 1.54) is 12.8 Å². The maximum absolute atomic E-state index is 11.5. The molecule has 1 aliphatic carbocycles. The van der Waals surface area contributed by atoms with Gasteiger partial charge in [0.1, 0.15) is 6.04 Å². The van der Waals surface area contributed by atoms with Crippen molar-refractivity contribution in [2.45, 2.75) is 25.3 Å². The monoisotopic (exact) mass is 260 g/mol. The Kier molecular flexibility index (Phi) is 6.36. The molecule has 0 aromatic carbocycles. The first-order valence-corrected chi connectivity index (χ1v) is 7.24. The molecule has 0 aromatic rings. The normalized spacial score (nSPS) is 16.5. The van der Waals surface area contributed by atoms with E-state index in [4.69, 9.17) is 5.11 Å². The van der Waals surface area contributed by atoms with Gasteiger partial charge in [-0.05, 0) is 43.7 Å². The Morgan fingerprint density at radius 2 is 2.18 bits per heavy atom. The summed E-state index contributed by atoms with van der Waals surface area (Å²) in [6.07, 6.45) is 4.85. The number of rotatable bonds is 9. The van der Waals surface area contributed by atoms with E-state index in [2.05, 4.69) is 10.6 Å². The van der Waals surface area contributed by atoms with Crippen LogP contribution in [0, 0.1) is 5.92 Å². The van der Waals surface area contributed by atoms with Crippen LogP contribution in [-0.2, 0) is 9.59 Å². The lowest BCUT2D eigenvalue weighted by molar-refractivity contribution is -0.141. The molecule has 1 aliphatic rings. The number of hydrogen-bond donors (Lipinski definition) is 3. The first kappa shape index (κ1) is 14.3. The van der Waals surface area contributed by atoms with Crippen molar-refractivity contribution >= 4 is 23.6 Å². The molecule has 1 fully saturated rings. The highest BCUT2D eigenvalue weighted by atomic mass is 32.2. The minimum atomic E-state index is -0.963. The molecule has 6 heteroatoms. The standard InChI is InChI=1S/C11H20N2O3S/c1-17-5-4-9(11(15)16)13-10(14)7-12-6-8-2-3-8/h8-9,12H,2-7H2,1H3,(H,13,14)(H,15,16)/t9-/m1/s1. The molecule has 1 rings (SSSR count). The number of thioether (sulfide) groups is 1. The Labute approximate surface area is 106 Å². The van der Waals surface area contributed by atoms with Crippen LogP contribution in [0.25, 0.3) is 0 Å². The van der Waals surface area contributed by atoms with E-state index in [1.807, 2.05) is 6.26 Å². The van der Waals surface area contributed by atoms with Crippen LogP contribution in [-0.4, -0.2) is 48.1 Å². The van der Waals surface area contributed by atoms with Gasteiger partial charge in [-0.2, -0.15) is 11.8 Å². The Bertz CT molecular complexity index is 269. The number of carboxylic acid groups (broad SMARTS) is 1. The average molecular weight is 260 g/mol. The molecule has 0 aliphatic heterocycles. The van der Waals surface area contributed by atoms with Gasteiger partial charge in [-0.25, -0.2) is 4.79 Å². The predicted molar refractivity (Wildman–Crippen MR) is 68.2 cm³/mol. The highest BCUT2D eigenvalue weighted by molar-refractivity contribution is 7.98. The molecular weight excluding hydrogens is 240 g/mol. The molecule has 1 amide bonds. The molecule has 0 aromatic heterocycles. The Hall–Kier alpha value is -0.750. The minimum absolute atomic E-state index is 0.208. The summed E-state index contributed by atoms with van der Waals surface area (Å²) in [5.74, 6) is 0.246. The highest BCUT2D eigenvalue weighted by Crippen LogP contribution is 2.27. The third-order valence-corrected chi connectivity index (χ3v) is 3.30. The lowest BCUT2D eigenvalue weighted by Crippen LogP contribution is -2.45. The smallest absolute Gasteiger partial charge is 0.326 e. The second-order valence-corrected chi connectivity index (χ2v) is 5.30. The Balaban J connectivity index is 2.16. The predicted octanol–water partition coefficient (Wildman–Crippen LogP) is 0.309. The summed E-state index contributed by atoms with van der Waals surface area (Å²) in [4.78, 5) is 22.4. The number of amides is 1. The lowest BCUT2D eigenvalue weighted by Gasteiger charge is -2.14. The number of carbonyl (C=O) groups excluding carboxylic acids is 1. The quantitative estimate of drug-likeness (QED) is 0.556. The molecule has 0 radical (unpaired) electrons. The summed E-state index contributed by atoms with van der Waals surface area (Å²) in [6.45, 7) is 1.06. The van der Waals surface area contributed by atoms with Crippen LogP contribution < -0.4 is 10.6 Å². The van der Waals surface area contributed by atoms with E-state index >= 15 is 0 Å². The van der Waals surface area contributed by atoms with Gasteiger partial charge in [0.15, 0.2) is 0 Å². The van der Waals surface area contributed by atoms with Crippen LogP contribution in [0.1, 0.15) is 19.3 Å². The molecule has 3 N–H and O–H groups in total. The number of carboxylic acids is 1. The number of nitrogens with one attached hydrogen (secondary N) is 2. The van der Waals surface area contributed by atoms with E-state index in [0.717, 1.165) is 18.2 Å². The molecule has 1 saturated carbocycles. The van der Waals surface area contributed by atoms with Gasteiger partial charge in [0.2, 0.25) is 5.91 Å². The fraction of sp³-hybridized carbons (Fsp3) is 0.818. The second kappa shape index (κ2) is 7.55. The van der Waals surface area contributed by atoms with Gasteiger partial charge in [0.05, 0.1) is 6.54 Å². The van der Waals surface area contributed by atoms with Gasteiger partial charge < -0.3 is 15.7 Å². The summed E-state index contributed by atoms with van der Waals surface area (Å²) in [7, 11) is 0. The van der Waals surface area contributed by atoms with Crippen molar-refractivity contribution in [1.29, 1.82) is 0 Å². The van der Waals surface area contributed by atoms with Gasteiger partial charge in [-0.15, -0.1) is 0 Å². The molecule has 98 valence electrons. The topological polar surface area (TPSA) is 78.4 Å². The molecule has 0 bridgehead atoms. The third kappa shape index (κ3) is 6.53. The van der Waals surface area contributed by atoms with E-state index in [9.17, 15) is 9.59 Å². The molecule has 0 heterocycles. The van der Waals surface area contributed by atoms with Crippen LogP contribution in [0.4, 0.5) is 0 Å². The zero-order chi connectivity index (χ0) is 12.7. The fourth-order valence-electron chi connectivity index (χ4n) is 1.45. The van der Waals surface area contributed by atoms with Crippen LogP contribution in [0.2, 0.25) is 0 Å². The number of carbonyl (C=O) groups is 2. The van der Waals surface area contributed by atoms with Crippen LogP contribution in [0.5, 0.6) is 0 Å². The van der Waals surface area contributed by atoms with Gasteiger partial charge in [-0.3, -0.25) is 4.79 Å². The van der Waals surface area contributed by atoms with Crippen LogP contribution >= 0.6 is 11.8 Å². The van der Waals surface area contributed by atoms with E-state index in [0.29, 0.717) is 6.42 Å². The van der Waals surface area contributed by atoms with E-state index < -0.39 is 12.0 Å². The van der Waals surface area contributed by atoms with E-state index in [1.54, 1.807) is 11.8 Å². The van der Waals surface area contributed by atoms with Crippen molar-refractivity contribution in [2.24, 2.45) is 5.92 Å². The second-order valence-electron chi connectivity index (χ2n) is 4.31. The Morgan fingerprint density at radius 1 is 1.47 bits per heavy atom. The molecule has 0 spiro atoms. The molecular formula is C11H20N2O3S. The van der Waals surface area contributed by atoms with Crippen LogP contribution in [0.15, 0.2) is 0 Å². The summed E-state index contributed by atoms with van der Waals surface area (Å²) in [5, 5.41) is 14.5. The van der Waals surface area contributed by atoms with E-state index in [-0.39, 0.29) is 12.5 Å². The van der Waals surface area contributed by atoms with Gasteiger partial charge in [-0.1, -0.05) is 0 Å². The van der Waals surface area contributed by atoms with Crippen molar-refractivity contribution in [1.82, 2.24) is 10.6 Å². The molecule has 17 heavy (non-hydrogen) atoms. The number of aliphatic carboxylic acids is 1. The SMILES string of the molecule is CSCC[C@@H](NC(=O)CNCC1CC1)C(=O)O. The maximum atomic E-state index is 11.5. The zero-order valence-electron chi connectivity index (χ0n) is 10.1. The van der Waals surface area contributed by atoms with Gasteiger partial charge in [0.25, 0.3) is 0 Å². The summed E-state index contributed by atoms with van der Waals surface area (Å²) in [5.41, 5.74) is 0. The van der Waals surface area contributed by atoms with Gasteiger partial charge in [0, 0.05) is 0 Å². The summed E-state index contributed by atoms with van der Waals surface area (Å²) in [6, 6.07) is -0.766. The first-order chi connectivity index (χ1) is 8.13. The molecule has 5 nitrogen and oxygen atoms in total. The zero-order valence-corrected chi connectivity index (χ0v) is 10.9.